The number of ether oxygens (including phenoxy) is 1. The minimum atomic E-state index is -4.71. The molecule has 0 atom stereocenters. The summed E-state index contributed by atoms with van der Waals surface area (Å²) in [5, 5.41) is 9.40. The van der Waals surface area contributed by atoms with E-state index in [2.05, 4.69) is 40.2 Å². The number of methoxy groups -OCH3 is 1. The van der Waals surface area contributed by atoms with E-state index >= 15 is 0 Å². The molecule has 2 aromatic carbocycles. The van der Waals surface area contributed by atoms with Gasteiger partial charge in [-0.25, -0.2) is 24.3 Å². The molecule has 5 N–H and O–H groups in total. The van der Waals surface area contributed by atoms with Gasteiger partial charge in [-0.15, -0.1) is 0 Å². The van der Waals surface area contributed by atoms with Gasteiger partial charge in [-0.2, -0.15) is 0 Å². The zero-order valence-electron chi connectivity index (χ0n) is 24.7. The molecule has 234 valence electrons. The predicted molar refractivity (Wildman–Crippen MR) is 174 cm³/mol. The number of pyridine rings is 1. The van der Waals surface area contributed by atoms with Crippen molar-refractivity contribution in [1.82, 2.24) is 20.3 Å². The SMILES string of the molecule is COC(=O)Nc1ccc(Sc2ccc(C(=O)NC(C)(C)COP(=O)(O)O)cc2Nc2ncnc3nc(C(C)C)ccc23)cc1.[NaH]. The van der Waals surface area contributed by atoms with Gasteiger partial charge in [0.15, 0.2) is 5.65 Å². The first-order chi connectivity index (χ1) is 20.7. The van der Waals surface area contributed by atoms with Crippen LogP contribution in [0.1, 0.15) is 49.7 Å². The number of hydrogen-bond donors (Lipinski definition) is 5. The van der Waals surface area contributed by atoms with Gasteiger partial charge in [0.05, 0.1) is 30.3 Å². The van der Waals surface area contributed by atoms with E-state index in [1.165, 1.54) is 25.2 Å². The van der Waals surface area contributed by atoms with Gasteiger partial charge in [-0.3, -0.25) is 14.6 Å². The molecule has 0 unspecified atom stereocenters. The molecule has 0 aliphatic heterocycles. The average Bonchev–Trinajstić information content (AvgIpc) is 2.97. The van der Waals surface area contributed by atoms with Crippen LogP contribution in [0.4, 0.5) is 22.0 Å². The van der Waals surface area contributed by atoms with Crippen molar-refractivity contribution in [3.8, 4) is 0 Å². The molecule has 2 amide bonds. The van der Waals surface area contributed by atoms with E-state index in [4.69, 9.17) is 9.79 Å². The van der Waals surface area contributed by atoms with Crippen LogP contribution in [0.5, 0.6) is 0 Å². The number of phosphoric acid groups is 1. The van der Waals surface area contributed by atoms with Crippen molar-refractivity contribution in [3.05, 3.63) is 72.2 Å². The summed E-state index contributed by atoms with van der Waals surface area (Å²) in [6.07, 6.45) is 0.844. The summed E-state index contributed by atoms with van der Waals surface area (Å²) in [7, 11) is -3.43. The first-order valence-electron chi connectivity index (χ1n) is 13.4. The van der Waals surface area contributed by atoms with E-state index in [0.29, 0.717) is 28.2 Å². The molecule has 13 nitrogen and oxygen atoms in total. The van der Waals surface area contributed by atoms with Crippen LogP contribution in [0.15, 0.2) is 70.7 Å². The maximum absolute atomic E-state index is 13.2. The van der Waals surface area contributed by atoms with E-state index in [1.54, 1.807) is 44.2 Å². The predicted octanol–water partition coefficient (Wildman–Crippen LogP) is 5.19. The third-order valence-corrected chi connectivity index (χ3v) is 7.71. The summed E-state index contributed by atoms with van der Waals surface area (Å²) in [5.41, 5.74) is 1.76. The van der Waals surface area contributed by atoms with Crippen LogP contribution in [-0.4, -0.2) is 85.6 Å². The van der Waals surface area contributed by atoms with E-state index in [-0.39, 0.29) is 41.0 Å². The van der Waals surface area contributed by atoms with Crippen LogP contribution in [0.3, 0.4) is 0 Å². The number of carbonyl (C=O) groups excluding carboxylic acids is 2. The van der Waals surface area contributed by atoms with Gasteiger partial charge in [0, 0.05) is 26.7 Å². The van der Waals surface area contributed by atoms with Gasteiger partial charge < -0.3 is 25.2 Å². The number of rotatable bonds is 11. The fourth-order valence-electron chi connectivity index (χ4n) is 3.93. The number of anilines is 3. The minimum absolute atomic E-state index is 0. The number of nitrogens with one attached hydrogen (secondary N) is 3. The molecule has 2 heterocycles. The number of nitrogens with zero attached hydrogens (tertiary/aromatic N) is 3. The van der Waals surface area contributed by atoms with E-state index in [1.807, 2.05) is 38.1 Å². The molecule has 0 bridgehead atoms. The zero-order chi connectivity index (χ0) is 32.1. The molecule has 0 saturated heterocycles. The number of carbonyl (C=O) groups is 2. The molecule has 4 rings (SSSR count). The van der Waals surface area contributed by atoms with Crippen molar-refractivity contribution in [1.29, 1.82) is 0 Å². The van der Waals surface area contributed by atoms with Crippen LogP contribution in [0.2, 0.25) is 0 Å². The van der Waals surface area contributed by atoms with Gasteiger partial charge in [-0.1, -0.05) is 25.6 Å². The maximum atomic E-state index is 13.2. The molecule has 2 aromatic heterocycles. The summed E-state index contributed by atoms with van der Waals surface area (Å²) in [5.74, 6) is 0.234. The Kier molecular flexibility index (Phi) is 12.5. The van der Waals surface area contributed by atoms with E-state index < -0.39 is 32.0 Å². The van der Waals surface area contributed by atoms with E-state index in [0.717, 1.165) is 15.5 Å². The van der Waals surface area contributed by atoms with Crippen molar-refractivity contribution in [2.24, 2.45) is 0 Å². The second-order valence-electron chi connectivity index (χ2n) is 10.7. The second kappa shape index (κ2) is 15.5. The Morgan fingerprint density at radius 1 is 1.04 bits per heavy atom. The van der Waals surface area contributed by atoms with Crippen LogP contribution in [0, 0.1) is 0 Å². The number of aromatic nitrogens is 3. The molecule has 16 heteroatoms. The van der Waals surface area contributed by atoms with Crippen LogP contribution in [-0.2, 0) is 13.8 Å². The molecule has 0 fully saturated rings. The summed E-state index contributed by atoms with van der Waals surface area (Å²) < 4.78 is 20.4. The van der Waals surface area contributed by atoms with Crippen molar-refractivity contribution in [3.63, 3.8) is 0 Å². The molecule has 0 saturated carbocycles. The molecule has 0 aliphatic rings. The second-order valence-corrected chi connectivity index (χ2v) is 13.0. The standard InChI is InChI=1S/C29H33N6O7PS.Na.H/c1-17(2)22-12-11-21-25(33-22)30-16-31-26(21)34-23-14-18(27(36)35-29(3,4)15-42-43(38,39)40)6-13-24(23)44-20-9-7-19(8-10-20)32-28(37)41-5;;/h6-14,16-17H,15H2,1-5H3,(H,32,37)(H,35,36)(H2,38,39,40)(H,30,31,33,34);;. The summed E-state index contributed by atoms with van der Waals surface area (Å²) >= 11 is 1.42. The third-order valence-electron chi connectivity index (χ3n) is 6.16. The Hall–Kier alpha value is -3.07. The topological polar surface area (TPSA) is 185 Å². The van der Waals surface area contributed by atoms with Gasteiger partial charge in [0.25, 0.3) is 5.91 Å². The summed E-state index contributed by atoms with van der Waals surface area (Å²) in [4.78, 5) is 58.0. The third kappa shape index (κ3) is 10.5. The molecule has 0 aliphatic carbocycles. The molecule has 0 spiro atoms. The fraction of sp³-hybridized carbons (Fsp3) is 0.276. The van der Waals surface area contributed by atoms with Crippen molar-refractivity contribution < 1.29 is 33.2 Å². The molecule has 4 aromatic rings. The zero-order valence-corrected chi connectivity index (χ0v) is 26.4. The van der Waals surface area contributed by atoms with Crippen LogP contribution in [0.25, 0.3) is 11.0 Å². The Bertz CT molecular complexity index is 1720. The normalized spacial score (nSPS) is 11.6. The van der Waals surface area contributed by atoms with Crippen LogP contribution < -0.4 is 16.0 Å². The van der Waals surface area contributed by atoms with Gasteiger partial charge in [0.1, 0.15) is 12.1 Å². The quantitative estimate of drug-likeness (QED) is 0.105. The molecule has 0 radical (unpaired) electrons. The Balaban J connectivity index is 0.00000552. The Morgan fingerprint density at radius 2 is 1.76 bits per heavy atom. The number of fused-ring (bicyclic) bond motifs is 1. The summed E-state index contributed by atoms with van der Waals surface area (Å²) in [6.45, 7) is 6.88. The molecular formula is C29H34N6NaO7PS. The van der Waals surface area contributed by atoms with Gasteiger partial charge in [0.2, 0.25) is 0 Å². The van der Waals surface area contributed by atoms with Gasteiger partial charge in [-0.05, 0) is 74.4 Å². The fourth-order valence-corrected chi connectivity index (χ4v) is 5.30. The van der Waals surface area contributed by atoms with Crippen LogP contribution >= 0.6 is 19.6 Å². The Labute approximate surface area is 286 Å². The van der Waals surface area contributed by atoms with Gasteiger partial charge >= 0.3 is 43.5 Å². The monoisotopic (exact) mass is 664 g/mol. The van der Waals surface area contributed by atoms with Crippen molar-refractivity contribution in [2.75, 3.05) is 24.4 Å². The first kappa shape index (κ1) is 36.4. The average molecular weight is 665 g/mol. The molecular weight excluding hydrogens is 630 g/mol. The van der Waals surface area contributed by atoms with Crippen molar-refractivity contribution >= 4 is 89.4 Å². The summed E-state index contributed by atoms with van der Waals surface area (Å²) in [6, 6.07) is 16.1. The molecule has 45 heavy (non-hydrogen) atoms. The number of benzene rings is 2. The number of hydrogen-bond acceptors (Lipinski definition) is 10. The Morgan fingerprint density at radius 3 is 2.40 bits per heavy atom. The van der Waals surface area contributed by atoms with E-state index in [9.17, 15) is 14.2 Å². The first-order valence-corrected chi connectivity index (χ1v) is 15.8. The number of amides is 2. The van der Waals surface area contributed by atoms with Crippen molar-refractivity contribution in [2.45, 2.75) is 48.9 Å². The number of phosphoric ester groups is 1.